The van der Waals surface area contributed by atoms with Gasteiger partial charge in [0.15, 0.2) is 0 Å². The van der Waals surface area contributed by atoms with Crippen molar-refractivity contribution in [2.24, 2.45) is 0 Å². The van der Waals surface area contributed by atoms with Crippen molar-refractivity contribution in [2.75, 3.05) is 42.6 Å². The fraction of sp³-hybridized carbons (Fsp3) is 0.348. The molecule has 0 N–H and O–H groups in total. The van der Waals surface area contributed by atoms with Gasteiger partial charge in [0.1, 0.15) is 17.7 Å². The highest BCUT2D eigenvalue weighted by molar-refractivity contribution is 6.05. The molecule has 0 bridgehead atoms. The van der Waals surface area contributed by atoms with Crippen molar-refractivity contribution in [3.05, 3.63) is 53.6 Å². The van der Waals surface area contributed by atoms with Crippen LogP contribution in [0, 0.1) is 13.8 Å². The molecule has 4 heterocycles. The molecule has 0 spiro atoms. The van der Waals surface area contributed by atoms with Crippen LogP contribution in [0.3, 0.4) is 0 Å². The first-order valence-electron chi connectivity index (χ1n) is 10.8. The monoisotopic (exact) mass is 431 g/mol. The zero-order valence-corrected chi connectivity index (χ0v) is 18.4. The zero-order valence-electron chi connectivity index (χ0n) is 18.4. The van der Waals surface area contributed by atoms with Gasteiger partial charge in [-0.05, 0) is 32.9 Å². The van der Waals surface area contributed by atoms with E-state index in [4.69, 9.17) is 4.74 Å². The van der Waals surface area contributed by atoms with Crippen LogP contribution in [0.15, 0.2) is 36.8 Å². The van der Waals surface area contributed by atoms with Gasteiger partial charge in [-0.3, -0.25) is 4.98 Å². The van der Waals surface area contributed by atoms with Crippen molar-refractivity contribution in [3.63, 3.8) is 0 Å². The summed E-state index contributed by atoms with van der Waals surface area (Å²) >= 11 is 0. The number of esters is 1. The Morgan fingerprint density at radius 3 is 2.62 bits per heavy atom. The Hall–Kier alpha value is -3.75. The lowest BCUT2D eigenvalue weighted by molar-refractivity contribution is 0.0526. The predicted octanol–water partition coefficient (Wildman–Crippen LogP) is 2.79. The number of anilines is 2. The fourth-order valence-corrected chi connectivity index (χ4v) is 4.29. The Balaban J connectivity index is 1.50. The van der Waals surface area contributed by atoms with Crippen molar-refractivity contribution in [2.45, 2.75) is 20.8 Å². The summed E-state index contributed by atoms with van der Waals surface area (Å²) in [6.45, 7) is 9.20. The summed E-state index contributed by atoms with van der Waals surface area (Å²) in [5.74, 6) is 1.24. The van der Waals surface area contributed by atoms with Crippen LogP contribution >= 0.6 is 0 Å². The SMILES string of the molecule is CCOC(=O)c1cnc2ccc(C)cc2c1N1CCN(c2cc(C)nc3ncnn23)CC1. The number of hydrogen-bond acceptors (Lipinski definition) is 8. The van der Waals surface area contributed by atoms with Crippen LogP contribution < -0.4 is 9.80 Å². The minimum absolute atomic E-state index is 0.327. The maximum atomic E-state index is 12.8. The van der Waals surface area contributed by atoms with Crippen LogP contribution in [0.25, 0.3) is 16.7 Å². The van der Waals surface area contributed by atoms with Gasteiger partial charge in [0.05, 0.1) is 17.8 Å². The second-order valence-electron chi connectivity index (χ2n) is 7.96. The van der Waals surface area contributed by atoms with Crippen molar-refractivity contribution in [1.29, 1.82) is 0 Å². The molecule has 1 saturated heterocycles. The van der Waals surface area contributed by atoms with Gasteiger partial charge in [0.25, 0.3) is 5.78 Å². The summed E-state index contributed by atoms with van der Waals surface area (Å²) in [5.41, 5.74) is 4.31. The minimum Gasteiger partial charge on any atom is -0.462 e. The van der Waals surface area contributed by atoms with E-state index in [1.165, 1.54) is 6.33 Å². The third-order valence-corrected chi connectivity index (χ3v) is 5.77. The molecule has 164 valence electrons. The molecule has 5 rings (SSSR count). The first kappa shape index (κ1) is 20.2. The average Bonchev–Trinajstić information content (AvgIpc) is 3.26. The molecule has 9 nitrogen and oxygen atoms in total. The molecule has 1 aliphatic heterocycles. The van der Waals surface area contributed by atoms with E-state index in [1.807, 2.05) is 39.0 Å². The van der Waals surface area contributed by atoms with Gasteiger partial charge in [-0.15, -0.1) is 0 Å². The van der Waals surface area contributed by atoms with E-state index in [0.717, 1.165) is 59.8 Å². The van der Waals surface area contributed by atoms with Crippen molar-refractivity contribution in [3.8, 4) is 0 Å². The predicted molar refractivity (Wildman–Crippen MR) is 122 cm³/mol. The van der Waals surface area contributed by atoms with Gasteiger partial charge in [0.2, 0.25) is 0 Å². The van der Waals surface area contributed by atoms with Gasteiger partial charge in [-0.1, -0.05) is 11.6 Å². The van der Waals surface area contributed by atoms with Crippen LogP contribution in [0.5, 0.6) is 0 Å². The van der Waals surface area contributed by atoms with Gasteiger partial charge in [0, 0.05) is 49.5 Å². The molecular formula is C23H25N7O2. The molecule has 0 amide bonds. The lowest BCUT2D eigenvalue weighted by Crippen LogP contribution is -2.47. The van der Waals surface area contributed by atoms with Crippen molar-refractivity contribution in [1.82, 2.24) is 24.6 Å². The van der Waals surface area contributed by atoms with E-state index in [2.05, 4.69) is 35.9 Å². The number of pyridine rings is 1. The molecule has 0 radical (unpaired) electrons. The molecule has 1 aromatic carbocycles. The molecule has 4 aromatic rings. The lowest BCUT2D eigenvalue weighted by Gasteiger charge is -2.38. The number of ether oxygens (including phenoxy) is 1. The lowest BCUT2D eigenvalue weighted by atomic mass is 10.0. The molecular weight excluding hydrogens is 406 g/mol. The van der Waals surface area contributed by atoms with Gasteiger partial charge in [-0.2, -0.15) is 14.6 Å². The summed E-state index contributed by atoms with van der Waals surface area (Å²) in [4.78, 5) is 30.5. The largest absolute Gasteiger partial charge is 0.462 e. The number of carbonyl (C=O) groups excluding carboxylic acids is 1. The van der Waals surface area contributed by atoms with E-state index in [-0.39, 0.29) is 5.97 Å². The molecule has 0 unspecified atom stereocenters. The van der Waals surface area contributed by atoms with Crippen LogP contribution in [0.2, 0.25) is 0 Å². The maximum Gasteiger partial charge on any atom is 0.341 e. The Morgan fingerprint density at radius 2 is 1.84 bits per heavy atom. The Kier molecular flexibility index (Phi) is 5.08. The van der Waals surface area contributed by atoms with E-state index in [0.29, 0.717) is 17.9 Å². The van der Waals surface area contributed by atoms with Crippen molar-refractivity contribution < 1.29 is 9.53 Å². The number of rotatable bonds is 4. The smallest absolute Gasteiger partial charge is 0.341 e. The number of aromatic nitrogens is 5. The number of hydrogen-bond donors (Lipinski definition) is 0. The highest BCUT2D eigenvalue weighted by Gasteiger charge is 2.26. The van der Waals surface area contributed by atoms with E-state index in [1.54, 1.807) is 10.7 Å². The molecule has 0 atom stereocenters. The molecule has 0 saturated carbocycles. The molecule has 1 aliphatic rings. The van der Waals surface area contributed by atoms with Crippen LogP contribution in [-0.2, 0) is 4.74 Å². The number of carbonyl (C=O) groups is 1. The Morgan fingerprint density at radius 1 is 1.06 bits per heavy atom. The molecule has 1 fully saturated rings. The fourth-order valence-electron chi connectivity index (χ4n) is 4.29. The second kappa shape index (κ2) is 8.07. The topological polar surface area (TPSA) is 88.8 Å². The highest BCUT2D eigenvalue weighted by atomic mass is 16.5. The quantitative estimate of drug-likeness (QED) is 0.456. The van der Waals surface area contributed by atoms with Crippen LogP contribution in [-0.4, -0.2) is 63.3 Å². The average molecular weight is 432 g/mol. The summed E-state index contributed by atoms with van der Waals surface area (Å²) in [7, 11) is 0. The van der Waals surface area contributed by atoms with Crippen LogP contribution in [0.1, 0.15) is 28.5 Å². The molecule has 0 aliphatic carbocycles. The highest BCUT2D eigenvalue weighted by Crippen LogP contribution is 2.32. The first-order chi connectivity index (χ1) is 15.5. The summed E-state index contributed by atoms with van der Waals surface area (Å²) in [5, 5.41) is 5.31. The summed E-state index contributed by atoms with van der Waals surface area (Å²) in [6.07, 6.45) is 3.17. The second-order valence-corrected chi connectivity index (χ2v) is 7.96. The Labute approximate surface area is 185 Å². The third kappa shape index (κ3) is 3.49. The zero-order chi connectivity index (χ0) is 22.2. The van der Waals surface area contributed by atoms with E-state index in [9.17, 15) is 4.79 Å². The van der Waals surface area contributed by atoms with Gasteiger partial charge < -0.3 is 14.5 Å². The minimum atomic E-state index is -0.338. The molecule has 3 aromatic heterocycles. The van der Waals surface area contributed by atoms with E-state index >= 15 is 0 Å². The van der Waals surface area contributed by atoms with Gasteiger partial charge >= 0.3 is 5.97 Å². The number of aryl methyl sites for hydroxylation is 2. The summed E-state index contributed by atoms with van der Waals surface area (Å²) < 4.78 is 7.12. The Bertz CT molecular complexity index is 1310. The van der Waals surface area contributed by atoms with Crippen LogP contribution in [0.4, 0.5) is 11.5 Å². The number of piperazine rings is 1. The maximum absolute atomic E-state index is 12.8. The first-order valence-corrected chi connectivity index (χ1v) is 10.8. The van der Waals surface area contributed by atoms with Crippen molar-refractivity contribution >= 4 is 34.2 Å². The third-order valence-electron chi connectivity index (χ3n) is 5.77. The van der Waals surface area contributed by atoms with E-state index < -0.39 is 0 Å². The molecule has 9 heteroatoms. The number of fused-ring (bicyclic) bond motifs is 2. The summed E-state index contributed by atoms with van der Waals surface area (Å²) in [6, 6.07) is 8.17. The number of nitrogens with zero attached hydrogens (tertiary/aromatic N) is 7. The standard InChI is InChI=1S/C23H25N7O2/c1-4-32-22(31)18-13-24-19-6-5-15(2)11-17(19)21(18)29-9-7-28(8-10-29)20-12-16(3)27-23-25-14-26-30(20)23/h5-6,11-14H,4,7-10H2,1-3H3. The van der Waals surface area contributed by atoms with Gasteiger partial charge in [-0.25, -0.2) is 9.78 Å². The number of benzene rings is 1. The normalized spacial score (nSPS) is 14.3. The molecule has 32 heavy (non-hydrogen) atoms.